The lowest BCUT2D eigenvalue weighted by molar-refractivity contribution is -0.136. The summed E-state index contributed by atoms with van der Waals surface area (Å²) in [4.78, 5) is 124. The number of nitrogens with zero attached hydrogens (tertiary/aromatic N) is 15. The van der Waals surface area contributed by atoms with Gasteiger partial charge in [0.15, 0.2) is 11.0 Å². The van der Waals surface area contributed by atoms with E-state index in [4.69, 9.17) is 4.42 Å². The Labute approximate surface area is 526 Å². The van der Waals surface area contributed by atoms with Crippen LogP contribution in [0.1, 0.15) is 115 Å². The van der Waals surface area contributed by atoms with Crippen molar-refractivity contribution in [1.82, 2.24) is 71.9 Å². The molecular formula is C64H97N15O11. The van der Waals surface area contributed by atoms with Gasteiger partial charge in [0.05, 0.1) is 12.1 Å². The molecule has 5 aromatic rings. The van der Waals surface area contributed by atoms with E-state index in [1.807, 2.05) is 132 Å². The number of carbonyl (C=O) groups is 4. The van der Waals surface area contributed by atoms with Crippen LogP contribution in [0, 0.1) is 41.5 Å². The predicted molar refractivity (Wildman–Crippen MR) is 353 cm³/mol. The molecule has 1 atom stereocenters. The number of amides is 4. The van der Waals surface area contributed by atoms with Crippen molar-refractivity contribution in [2.24, 2.45) is 49.3 Å². The summed E-state index contributed by atoms with van der Waals surface area (Å²) in [5.41, 5.74) is 10.4. The highest BCUT2D eigenvalue weighted by Gasteiger charge is 2.31. The molecule has 0 radical (unpaired) electrons. The summed E-state index contributed by atoms with van der Waals surface area (Å²) in [6.45, 7) is 43.3. The Balaban J connectivity index is 0.000000515. The third kappa shape index (κ3) is 19.0. The third-order valence-corrected chi connectivity index (χ3v) is 16.0. The quantitative estimate of drug-likeness (QED) is 0.171. The van der Waals surface area contributed by atoms with E-state index in [2.05, 4.69) is 41.5 Å². The van der Waals surface area contributed by atoms with Crippen LogP contribution < -0.4 is 55.3 Å². The van der Waals surface area contributed by atoms with E-state index in [1.165, 1.54) is 35.3 Å². The summed E-state index contributed by atoms with van der Waals surface area (Å²) in [5, 5.41) is 8.29. The fourth-order valence-corrected chi connectivity index (χ4v) is 8.21. The van der Waals surface area contributed by atoms with Crippen LogP contribution in [0.5, 0.6) is 0 Å². The minimum absolute atomic E-state index is 0.00639. The fourth-order valence-electron chi connectivity index (χ4n) is 8.21. The maximum absolute atomic E-state index is 11.5. The molecule has 8 rings (SSSR count). The Kier molecular flexibility index (Phi) is 29.0. The number of oxazole rings is 1. The molecule has 8 heterocycles. The zero-order chi connectivity index (χ0) is 70.3. The number of aromatic nitrogens is 10. The van der Waals surface area contributed by atoms with Gasteiger partial charge in [-0.05, 0) is 127 Å². The van der Waals surface area contributed by atoms with E-state index >= 15 is 0 Å². The molecule has 0 saturated carbocycles. The highest BCUT2D eigenvalue weighted by molar-refractivity contribution is 6.13. The molecule has 2 fully saturated rings. The molecule has 0 N–H and O–H groups in total. The molecule has 0 aliphatic carbocycles. The van der Waals surface area contributed by atoms with E-state index in [1.54, 1.807) is 68.1 Å². The van der Waals surface area contributed by atoms with Gasteiger partial charge in [-0.3, -0.25) is 71.2 Å². The van der Waals surface area contributed by atoms with Gasteiger partial charge in [0, 0.05) is 131 Å². The van der Waals surface area contributed by atoms with E-state index in [-0.39, 0.29) is 63.9 Å². The van der Waals surface area contributed by atoms with E-state index in [0.717, 1.165) is 106 Å². The third-order valence-electron chi connectivity index (χ3n) is 16.0. The summed E-state index contributed by atoms with van der Waals surface area (Å²) in [5.74, 6) is 2.22. The van der Waals surface area contributed by atoms with Gasteiger partial charge in [0.25, 0.3) is 39.6 Å². The highest BCUT2D eigenvalue weighted by Crippen LogP contribution is 2.23. The van der Waals surface area contributed by atoms with Gasteiger partial charge in [-0.2, -0.15) is 10.2 Å². The maximum atomic E-state index is 11.5. The Morgan fingerprint density at radius 1 is 0.556 bits per heavy atom. The van der Waals surface area contributed by atoms with Gasteiger partial charge < -0.3 is 23.7 Å². The van der Waals surface area contributed by atoms with Crippen LogP contribution in [-0.2, 0) is 68.5 Å². The normalized spacial score (nSPS) is 14.7. The van der Waals surface area contributed by atoms with Crippen LogP contribution in [0.2, 0.25) is 0 Å². The first-order chi connectivity index (χ1) is 41.3. The van der Waals surface area contributed by atoms with Crippen LogP contribution in [0.4, 0.5) is 0 Å². The highest BCUT2D eigenvalue weighted by atomic mass is 16.4. The fraction of sp³-hybridized carbons (Fsp3) is 0.484. The number of allylic oxidation sites excluding steroid dienone is 2. The lowest BCUT2D eigenvalue weighted by Crippen LogP contribution is -2.46. The van der Waals surface area contributed by atoms with Gasteiger partial charge in [-0.25, -0.2) is 19.1 Å². The smallest absolute Gasteiger partial charge is 0.346 e. The van der Waals surface area contributed by atoms with Gasteiger partial charge in [-0.15, -0.1) is 0 Å². The number of likely N-dealkylation sites (N-methyl/N-ethyl adjacent to an activating group) is 2. The number of hydrogen-bond donors (Lipinski definition) is 0. The Morgan fingerprint density at radius 3 is 1.51 bits per heavy atom. The lowest BCUT2D eigenvalue weighted by atomic mass is 10.1. The van der Waals surface area contributed by atoms with Gasteiger partial charge >= 0.3 is 5.69 Å². The molecule has 4 amide bonds. The van der Waals surface area contributed by atoms with Crippen molar-refractivity contribution in [3.63, 3.8) is 0 Å². The largest absolute Gasteiger partial charge is 0.436 e. The average molecular weight is 1250 g/mol. The number of hydrogen-bond acceptors (Lipinski definition) is 16. The van der Waals surface area contributed by atoms with Crippen molar-refractivity contribution in [3.8, 4) is 0 Å². The summed E-state index contributed by atoms with van der Waals surface area (Å²) in [7, 11) is 20.4. The van der Waals surface area contributed by atoms with Crippen molar-refractivity contribution in [2.45, 2.75) is 129 Å². The molecule has 0 spiro atoms. The van der Waals surface area contributed by atoms with Crippen molar-refractivity contribution < 1.29 is 23.6 Å². The standard InChI is InChI=1S/2C9H14N2O.C9H13NO2.C8H14N2O.2C8H12N2O.C8H11NO2.C5H7N3O2/c1-6-7(2)10(4)8(3)11(5)9(6)12;1-6(2)8-9(12)11(5)7(3)10(8)4;1-5-6(2)8-9(11)10(4)7(3)12-8;1-6-5-8(11)10(4)7(2)9(6)3;1-5-6(2)9-7(3)10(4)8(5)11;1-5-6(2)8(11)10(4)9-7(5)3;1-5(2)6-4-7(10)9(3)8(6)11;1-7-4(9)3-6-8(2)5(7)10/h2*3H2,1-2,4-5H3;3,5H2,1-2,4H3;6H,2,5H2,1,3-4H3;2*1-4H3;4H2,1-3H3;3H,1-2H3. The van der Waals surface area contributed by atoms with Crippen LogP contribution in [-0.4, -0.2) is 137 Å². The zero-order valence-corrected chi connectivity index (χ0v) is 58.3. The van der Waals surface area contributed by atoms with Crippen molar-refractivity contribution in [3.05, 3.63) is 171 Å². The van der Waals surface area contributed by atoms with Crippen LogP contribution >= 0.6 is 0 Å². The molecular weight excluding hydrogens is 1150 g/mol. The second-order valence-electron chi connectivity index (χ2n) is 22.5. The second kappa shape index (κ2) is 33.2. The van der Waals surface area contributed by atoms with Crippen molar-refractivity contribution in [2.75, 3.05) is 35.2 Å². The maximum Gasteiger partial charge on any atom is 0.346 e. The minimum atomic E-state index is -0.410. The summed E-state index contributed by atoms with van der Waals surface area (Å²) >= 11 is 0. The second-order valence-corrected chi connectivity index (χ2v) is 22.5. The summed E-state index contributed by atoms with van der Waals surface area (Å²) in [6, 6.07) is 0.284. The molecule has 26 nitrogen and oxygen atoms in total. The molecule has 3 aliphatic rings. The molecule has 0 bridgehead atoms. The first-order valence-electron chi connectivity index (χ1n) is 28.7. The number of aryl methyl sites for hydroxylation is 5. The Hall–Kier alpha value is -9.49. The SMILES string of the molecule is C=C1N(C)C(=O)C(C)=C(C)N1C.C=C1N(C)C(=O)CC(C)N1C.C=c1n(C)c(=O)c(=C(C)C)n1C.C=c1oc(=C(C)CC)c(=O)n1C.CC(C)=C1CC(=O)N(C)C1=O.Cc1nc(C)n(C)c(=O)c1C.Cc1nn(C)c(=O)c(C)c1C.Cn1ncc(=O)n(C)c1=O. The zero-order valence-electron chi connectivity index (χ0n) is 58.3. The van der Waals surface area contributed by atoms with Crippen LogP contribution in [0.3, 0.4) is 0 Å². The molecule has 494 valence electrons. The molecule has 5 aromatic heterocycles. The number of imide groups is 1. The molecule has 3 aliphatic heterocycles. The van der Waals surface area contributed by atoms with Gasteiger partial charge in [0.2, 0.25) is 11.8 Å². The lowest BCUT2D eigenvalue weighted by Gasteiger charge is -2.38. The minimum Gasteiger partial charge on any atom is -0.436 e. The number of likely N-dealkylation sites (tertiary alicyclic amines) is 1. The Morgan fingerprint density at radius 2 is 1.10 bits per heavy atom. The van der Waals surface area contributed by atoms with Crippen molar-refractivity contribution >= 4 is 47.9 Å². The number of carbonyl (C=O) groups excluding carboxylic acids is 4. The first kappa shape index (κ1) is 78.5. The molecule has 90 heavy (non-hydrogen) atoms. The van der Waals surface area contributed by atoms with E-state index < -0.39 is 5.69 Å². The monoisotopic (exact) mass is 1250 g/mol. The van der Waals surface area contributed by atoms with Gasteiger partial charge in [0.1, 0.15) is 34.5 Å². The van der Waals surface area contributed by atoms with Crippen molar-refractivity contribution in [1.29, 1.82) is 0 Å². The Bertz CT molecular complexity index is 4230. The van der Waals surface area contributed by atoms with Crippen LogP contribution in [0.15, 0.2) is 86.6 Å². The first-order valence-corrected chi connectivity index (χ1v) is 28.7. The average Bonchev–Trinajstić information content (AvgIpc) is 1.32. The number of rotatable bonds is 1. The summed E-state index contributed by atoms with van der Waals surface area (Å²) < 4.78 is 15.0. The topological polar surface area (TPSA) is 273 Å². The van der Waals surface area contributed by atoms with Crippen LogP contribution in [0.25, 0.3) is 24.3 Å². The molecule has 2 saturated heterocycles. The number of imidazole rings is 1. The summed E-state index contributed by atoms with van der Waals surface area (Å²) in [6.07, 6.45) is 2.78. The molecule has 1 unspecified atom stereocenters. The van der Waals surface area contributed by atoms with E-state index in [0.29, 0.717) is 23.0 Å². The molecule has 0 aromatic carbocycles. The molecule has 26 heteroatoms. The van der Waals surface area contributed by atoms with E-state index in [9.17, 15) is 47.9 Å². The van der Waals surface area contributed by atoms with Gasteiger partial charge in [-0.1, -0.05) is 32.2 Å². The predicted octanol–water partition coefficient (Wildman–Crippen LogP) is 1.69.